The van der Waals surface area contributed by atoms with E-state index in [9.17, 15) is 4.21 Å². The lowest BCUT2D eigenvalue weighted by Crippen LogP contribution is -2.06. The Morgan fingerprint density at radius 3 is 3.05 bits per heavy atom. The van der Waals surface area contributed by atoms with E-state index in [0.717, 1.165) is 17.0 Å². The SMILES string of the molecule is CS(=O)CCOCc1ncccc1-c1csc(N)n1. The van der Waals surface area contributed by atoms with Crippen molar-refractivity contribution in [2.75, 3.05) is 24.3 Å². The summed E-state index contributed by atoms with van der Waals surface area (Å²) in [7, 11) is -0.834. The summed E-state index contributed by atoms with van der Waals surface area (Å²) in [5.41, 5.74) is 8.19. The Labute approximate surface area is 118 Å². The molecule has 0 aromatic carbocycles. The number of ether oxygens (including phenoxy) is 1. The first-order valence-electron chi connectivity index (χ1n) is 5.70. The van der Waals surface area contributed by atoms with Gasteiger partial charge in [-0.15, -0.1) is 11.3 Å². The highest BCUT2D eigenvalue weighted by atomic mass is 32.2. The molecular formula is C12H15N3O2S2. The zero-order valence-corrected chi connectivity index (χ0v) is 12.2. The van der Waals surface area contributed by atoms with Crippen molar-refractivity contribution in [3.05, 3.63) is 29.4 Å². The highest BCUT2D eigenvalue weighted by Gasteiger charge is 2.09. The van der Waals surface area contributed by atoms with Crippen LogP contribution >= 0.6 is 11.3 Å². The minimum Gasteiger partial charge on any atom is -0.375 e. The van der Waals surface area contributed by atoms with E-state index in [1.54, 1.807) is 12.5 Å². The lowest BCUT2D eigenvalue weighted by molar-refractivity contribution is 0.133. The van der Waals surface area contributed by atoms with E-state index in [4.69, 9.17) is 10.5 Å². The number of aromatic nitrogens is 2. The molecular weight excluding hydrogens is 282 g/mol. The third-order valence-corrected chi connectivity index (χ3v) is 3.86. The minimum absolute atomic E-state index is 0.380. The number of hydrogen-bond acceptors (Lipinski definition) is 6. The predicted octanol–water partition coefficient (Wildman–Crippen LogP) is 1.68. The molecule has 0 radical (unpaired) electrons. The Morgan fingerprint density at radius 1 is 1.53 bits per heavy atom. The first kappa shape index (κ1) is 14.1. The van der Waals surface area contributed by atoms with Crippen LogP contribution in [-0.2, 0) is 22.1 Å². The van der Waals surface area contributed by atoms with Crippen LogP contribution in [0.1, 0.15) is 5.69 Å². The van der Waals surface area contributed by atoms with Crippen LogP contribution in [-0.4, -0.2) is 32.8 Å². The molecule has 102 valence electrons. The molecule has 7 heteroatoms. The second-order valence-corrected chi connectivity index (χ2v) is 6.34. The first-order valence-corrected chi connectivity index (χ1v) is 8.30. The second kappa shape index (κ2) is 6.74. The normalized spacial score (nSPS) is 12.5. The fourth-order valence-corrected chi connectivity index (χ4v) is 2.46. The van der Waals surface area contributed by atoms with Crippen molar-refractivity contribution in [2.24, 2.45) is 0 Å². The van der Waals surface area contributed by atoms with Gasteiger partial charge in [0, 0.05) is 39.9 Å². The number of nitrogens with two attached hydrogens (primary N) is 1. The third kappa shape index (κ3) is 4.09. The molecule has 1 unspecified atom stereocenters. The first-order chi connectivity index (χ1) is 9.16. The van der Waals surface area contributed by atoms with Crippen LogP contribution in [0.15, 0.2) is 23.7 Å². The molecule has 1 atom stereocenters. The maximum Gasteiger partial charge on any atom is 0.180 e. The number of anilines is 1. The summed E-state index contributed by atoms with van der Waals surface area (Å²) >= 11 is 1.40. The number of nitrogens with zero attached hydrogens (tertiary/aromatic N) is 2. The predicted molar refractivity (Wildman–Crippen MR) is 78.3 cm³/mol. The summed E-state index contributed by atoms with van der Waals surface area (Å²) in [6, 6.07) is 3.80. The third-order valence-electron chi connectivity index (χ3n) is 2.44. The van der Waals surface area contributed by atoms with E-state index < -0.39 is 10.8 Å². The Balaban J connectivity index is 2.06. The van der Waals surface area contributed by atoms with Crippen molar-refractivity contribution in [1.29, 1.82) is 0 Å². The summed E-state index contributed by atoms with van der Waals surface area (Å²) in [6.07, 6.45) is 3.38. The molecule has 0 amide bonds. The smallest absolute Gasteiger partial charge is 0.180 e. The standard InChI is InChI=1S/C12H15N3O2S2/c1-19(16)6-5-17-7-10-9(3-2-4-14-10)11-8-18-12(13)15-11/h2-4,8H,5-7H2,1H3,(H2,13,15). The van der Waals surface area contributed by atoms with Crippen molar-refractivity contribution in [3.63, 3.8) is 0 Å². The monoisotopic (exact) mass is 297 g/mol. The van der Waals surface area contributed by atoms with Gasteiger partial charge in [0.15, 0.2) is 5.13 Å². The van der Waals surface area contributed by atoms with Crippen molar-refractivity contribution >= 4 is 27.3 Å². The summed E-state index contributed by atoms with van der Waals surface area (Å²) < 4.78 is 16.4. The highest BCUT2D eigenvalue weighted by molar-refractivity contribution is 7.84. The van der Waals surface area contributed by atoms with Gasteiger partial charge >= 0.3 is 0 Å². The Kier molecular flexibility index (Phi) is 5.00. The lowest BCUT2D eigenvalue weighted by atomic mass is 10.1. The molecule has 0 spiro atoms. The lowest BCUT2D eigenvalue weighted by Gasteiger charge is -2.07. The molecule has 0 bridgehead atoms. The molecule has 2 rings (SSSR count). The van der Waals surface area contributed by atoms with Crippen molar-refractivity contribution < 1.29 is 8.95 Å². The molecule has 0 fully saturated rings. The van der Waals surface area contributed by atoms with Gasteiger partial charge in [-0.2, -0.15) is 0 Å². The minimum atomic E-state index is -0.834. The maximum absolute atomic E-state index is 10.9. The van der Waals surface area contributed by atoms with Crippen LogP contribution in [0.4, 0.5) is 5.13 Å². The molecule has 5 nitrogen and oxygen atoms in total. The molecule has 0 aliphatic heterocycles. The molecule has 19 heavy (non-hydrogen) atoms. The molecule has 2 aromatic heterocycles. The van der Waals surface area contributed by atoms with E-state index in [0.29, 0.717) is 24.1 Å². The molecule has 0 saturated carbocycles. The molecule has 2 aromatic rings. The number of hydrogen-bond donors (Lipinski definition) is 1. The van der Waals surface area contributed by atoms with Crippen molar-refractivity contribution in [1.82, 2.24) is 9.97 Å². The fraction of sp³-hybridized carbons (Fsp3) is 0.333. The van der Waals surface area contributed by atoms with E-state index in [1.807, 2.05) is 17.5 Å². The molecule has 0 saturated heterocycles. The van der Waals surface area contributed by atoms with Crippen LogP contribution in [0, 0.1) is 0 Å². The quantitative estimate of drug-likeness (QED) is 0.821. The van der Waals surface area contributed by atoms with Gasteiger partial charge in [0.1, 0.15) is 0 Å². The van der Waals surface area contributed by atoms with Gasteiger partial charge in [-0.3, -0.25) is 9.19 Å². The molecule has 2 heterocycles. The van der Waals surface area contributed by atoms with Gasteiger partial charge in [-0.1, -0.05) is 0 Å². The van der Waals surface area contributed by atoms with E-state index in [-0.39, 0.29) is 0 Å². The van der Waals surface area contributed by atoms with Crippen LogP contribution < -0.4 is 5.73 Å². The Bertz CT molecular complexity index is 572. The number of nitrogen functional groups attached to an aromatic ring is 1. The molecule has 0 aliphatic rings. The van der Waals surface area contributed by atoms with Crippen LogP contribution in [0.5, 0.6) is 0 Å². The Hall–Kier alpha value is -1.31. The summed E-state index contributed by atoms with van der Waals surface area (Å²) in [5.74, 6) is 0.534. The van der Waals surface area contributed by atoms with Gasteiger partial charge < -0.3 is 10.5 Å². The van der Waals surface area contributed by atoms with Gasteiger partial charge in [0.05, 0.1) is 24.6 Å². The number of rotatable bonds is 6. The zero-order valence-electron chi connectivity index (χ0n) is 10.5. The second-order valence-electron chi connectivity index (χ2n) is 3.90. The van der Waals surface area contributed by atoms with Crippen LogP contribution in [0.25, 0.3) is 11.3 Å². The fourth-order valence-electron chi connectivity index (χ4n) is 1.54. The zero-order chi connectivity index (χ0) is 13.7. The van der Waals surface area contributed by atoms with Gasteiger partial charge in [-0.25, -0.2) is 4.98 Å². The number of pyridine rings is 1. The van der Waals surface area contributed by atoms with E-state index in [1.165, 1.54) is 11.3 Å². The van der Waals surface area contributed by atoms with Crippen molar-refractivity contribution in [3.8, 4) is 11.3 Å². The average molecular weight is 297 g/mol. The largest absolute Gasteiger partial charge is 0.375 e. The summed E-state index contributed by atoms with van der Waals surface area (Å²) in [5, 5.41) is 2.43. The molecule has 0 aliphatic carbocycles. The van der Waals surface area contributed by atoms with Gasteiger partial charge in [0.25, 0.3) is 0 Å². The van der Waals surface area contributed by atoms with Crippen molar-refractivity contribution in [2.45, 2.75) is 6.61 Å². The van der Waals surface area contributed by atoms with Crippen LogP contribution in [0.3, 0.4) is 0 Å². The average Bonchev–Trinajstić information content (AvgIpc) is 2.81. The van der Waals surface area contributed by atoms with Gasteiger partial charge in [-0.05, 0) is 12.1 Å². The summed E-state index contributed by atoms with van der Waals surface area (Å²) in [6.45, 7) is 0.836. The highest BCUT2D eigenvalue weighted by Crippen LogP contribution is 2.25. The van der Waals surface area contributed by atoms with Gasteiger partial charge in [0.2, 0.25) is 0 Å². The van der Waals surface area contributed by atoms with E-state index >= 15 is 0 Å². The topological polar surface area (TPSA) is 78.1 Å². The molecule has 2 N–H and O–H groups in total. The Morgan fingerprint density at radius 2 is 2.37 bits per heavy atom. The van der Waals surface area contributed by atoms with E-state index in [2.05, 4.69) is 9.97 Å². The van der Waals surface area contributed by atoms with Crippen LogP contribution in [0.2, 0.25) is 0 Å². The maximum atomic E-state index is 10.9. The summed E-state index contributed by atoms with van der Waals surface area (Å²) in [4.78, 5) is 8.55. The number of thiazole rings is 1.